The zero-order valence-corrected chi connectivity index (χ0v) is 16.2. The second kappa shape index (κ2) is 7.05. The molecule has 0 fully saturated rings. The molecule has 6 heteroatoms. The molecule has 0 aliphatic carbocycles. The number of esters is 1. The number of rotatable bonds is 4. The monoisotopic (exact) mass is 396 g/mol. The number of aromatic nitrogens is 2. The van der Waals surface area contributed by atoms with E-state index in [2.05, 4.69) is 21.0 Å². The van der Waals surface area contributed by atoms with Crippen molar-refractivity contribution in [3.05, 3.63) is 51.0 Å². The van der Waals surface area contributed by atoms with E-state index in [9.17, 15) is 9.18 Å². The molecular formula is C18H22BrFN2O2. The smallest absolute Gasteiger partial charge is 0.310 e. The van der Waals surface area contributed by atoms with Crippen LogP contribution >= 0.6 is 15.9 Å². The molecular weight excluding hydrogens is 375 g/mol. The van der Waals surface area contributed by atoms with Crippen molar-refractivity contribution in [1.29, 1.82) is 0 Å². The van der Waals surface area contributed by atoms with Crippen molar-refractivity contribution in [2.24, 2.45) is 0 Å². The maximum absolute atomic E-state index is 14.0. The molecule has 1 aromatic carbocycles. The quantitative estimate of drug-likeness (QED) is 0.722. The zero-order valence-electron chi connectivity index (χ0n) is 14.6. The van der Waals surface area contributed by atoms with Crippen LogP contribution < -0.4 is 0 Å². The van der Waals surface area contributed by atoms with Crippen LogP contribution in [0.4, 0.5) is 4.39 Å². The van der Waals surface area contributed by atoms with Gasteiger partial charge in [0.15, 0.2) is 0 Å². The number of ether oxygens (including phenoxy) is 1. The molecule has 4 nitrogen and oxygen atoms in total. The molecule has 130 valence electrons. The summed E-state index contributed by atoms with van der Waals surface area (Å²) in [5.74, 6) is -0.575. The molecule has 0 N–H and O–H groups in total. The molecule has 0 aliphatic heterocycles. The number of aryl methyl sites for hydroxylation is 1. The summed E-state index contributed by atoms with van der Waals surface area (Å²) in [6.45, 7) is 9.57. The summed E-state index contributed by atoms with van der Waals surface area (Å²) in [6.07, 6.45) is 0.164. The third-order valence-corrected chi connectivity index (χ3v) is 4.10. The lowest BCUT2D eigenvalue weighted by atomic mass is 10.1. The first-order valence-electron chi connectivity index (χ1n) is 7.75. The third-order valence-electron chi connectivity index (χ3n) is 3.61. The van der Waals surface area contributed by atoms with Crippen molar-refractivity contribution in [2.75, 3.05) is 0 Å². The van der Waals surface area contributed by atoms with Crippen molar-refractivity contribution in [3.63, 3.8) is 0 Å². The van der Waals surface area contributed by atoms with Crippen LogP contribution in [0.3, 0.4) is 0 Å². The van der Waals surface area contributed by atoms with E-state index in [0.717, 1.165) is 17.0 Å². The van der Waals surface area contributed by atoms with E-state index in [-0.39, 0.29) is 18.2 Å². The maximum atomic E-state index is 14.0. The van der Waals surface area contributed by atoms with Gasteiger partial charge in [0.25, 0.3) is 0 Å². The summed E-state index contributed by atoms with van der Waals surface area (Å²) >= 11 is 3.25. The molecule has 1 aromatic heterocycles. The van der Waals surface area contributed by atoms with E-state index < -0.39 is 5.60 Å². The van der Waals surface area contributed by atoms with Crippen LogP contribution in [0.5, 0.6) is 0 Å². The van der Waals surface area contributed by atoms with Gasteiger partial charge in [-0.15, -0.1) is 0 Å². The van der Waals surface area contributed by atoms with Gasteiger partial charge in [-0.3, -0.25) is 9.48 Å². The van der Waals surface area contributed by atoms with Crippen LogP contribution in [-0.4, -0.2) is 21.4 Å². The van der Waals surface area contributed by atoms with Crippen LogP contribution in [0.2, 0.25) is 0 Å². The standard InChI is InChI=1S/C18H22BrFN2O2/c1-11-15(9-17(23)24-18(3,4)5)12(2)22(21-11)10-13-6-7-14(19)8-16(13)20/h6-8H,9-10H2,1-5H3. The summed E-state index contributed by atoms with van der Waals surface area (Å²) in [5, 5.41) is 4.45. The van der Waals surface area contributed by atoms with Gasteiger partial charge in [-0.2, -0.15) is 5.10 Å². The van der Waals surface area contributed by atoms with E-state index in [4.69, 9.17) is 4.74 Å². The zero-order chi connectivity index (χ0) is 18.1. The third kappa shape index (κ3) is 4.66. The van der Waals surface area contributed by atoms with Gasteiger partial charge in [-0.1, -0.05) is 22.0 Å². The topological polar surface area (TPSA) is 44.1 Å². The van der Waals surface area contributed by atoms with Crippen molar-refractivity contribution in [2.45, 2.75) is 53.2 Å². The van der Waals surface area contributed by atoms with Crippen molar-refractivity contribution in [3.8, 4) is 0 Å². The van der Waals surface area contributed by atoms with Crippen LogP contribution in [0.1, 0.15) is 43.3 Å². The molecule has 0 aliphatic rings. The summed E-state index contributed by atoms with van der Waals surface area (Å²) in [6, 6.07) is 4.96. The van der Waals surface area contributed by atoms with Gasteiger partial charge in [-0.05, 0) is 46.8 Å². The number of benzene rings is 1. The minimum Gasteiger partial charge on any atom is -0.460 e. The number of carbonyl (C=O) groups is 1. The molecule has 2 rings (SSSR count). The molecule has 2 aromatic rings. The first-order valence-corrected chi connectivity index (χ1v) is 8.55. The normalized spacial score (nSPS) is 11.6. The highest BCUT2D eigenvalue weighted by atomic mass is 79.9. The van der Waals surface area contributed by atoms with E-state index in [1.54, 1.807) is 16.8 Å². The van der Waals surface area contributed by atoms with Crippen molar-refractivity contribution >= 4 is 21.9 Å². The summed E-state index contributed by atoms with van der Waals surface area (Å²) in [4.78, 5) is 12.1. The van der Waals surface area contributed by atoms with E-state index in [0.29, 0.717) is 16.6 Å². The Morgan fingerprint density at radius 3 is 2.58 bits per heavy atom. The lowest BCUT2D eigenvalue weighted by Gasteiger charge is -2.19. The second-order valence-electron chi connectivity index (χ2n) is 6.81. The molecule has 0 spiro atoms. The highest BCUT2D eigenvalue weighted by molar-refractivity contribution is 9.10. The van der Waals surface area contributed by atoms with Gasteiger partial charge >= 0.3 is 5.97 Å². The Hall–Kier alpha value is -1.69. The molecule has 0 atom stereocenters. The molecule has 0 saturated carbocycles. The number of halogens is 2. The maximum Gasteiger partial charge on any atom is 0.310 e. The first kappa shape index (κ1) is 18.6. The van der Waals surface area contributed by atoms with Crippen LogP contribution in [0.25, 0.3) is 0 Å². The average molecular weight is 397 g/mol. The Kier molecular flexibility index (Phi) is 5.48. The second-order valence-corrected chi connectivity index (χ2v) is 7.72. The Morgan fingerprint density at radius 1 is 1.33 bits per heavy atom. The highest BCUT2D eigenvalue weighted by Crippen LogP contribution is 2.20. The van der Waals surface area contributed by atoms with E-state index in [1.165, 1.54) is 6.07 Å². The Labute approximate surface area is 150 Å². The fourth-order valence-electron chi connectivity index (χ4n) is 2.48. The van der Waals surface area contributed by atoms with E-state index in [1.807, 2.05) is 34.6 Å². The van der Waals surface area contributed by atoms with Crippen molar-refractivity contribution < 1.29 is 13.9 Å². The SMILES string of the molecule is Cc1nn(Cc2ccc(Br)cc2F)c(C)c1CC(=O)OC(C)(C)C. The Morgan fingerprint density at radius 2 is 2.00 bits per heavy atom. The molecule has 0 unspecified atom stereocenters. The number of carbonyl (C=O) groups excluding carboxylic acids is 1. The number of nitrogens with zero attached hydrogens (tertiary/aromatic N) is 2. The van der Waals surface area contributed by atoms with Gasteiger partial charge in [0, 0.05) is 21.3 Å². The predicted octanol–water partition coefficient (Wildman–Crippen LogP) is 4.33. The number of hydrogen-bond acceptors (Lipinski definition) is 3. The van der Waals surface area contributed by atoms with Crippen molar-refractivity contribution in [1.82, 2.24) is 9.78 Å². The number of hydrogen-bond donors (Lipinski definition) is 0. The Bertz CT molecular complexity index is 763. The minimum atomic E-state index is -0.518. The van der Waals surface area contributed by atoms with Gasteiger partial charge in [0.05, 0.1) is 18.7 Å². The summed E-state index contributed by atoms with van der Waals surface area (Å²) in [7, 11) is 0. The van der Waals surface area contributed by atoms with Gasteiger partial charge in [0.2, 0.25) is 0 Å². The summed E-state index contributed by atoms with van der Waals surface area (Å²) in [5.41, 5.74) is 2.47. The fraction of sp³-hybridized carbons (Fsp3) is 0.444. The van der Waals surface area contributed by atoms with Gasteiger partial charge in [0.1, 0.15) is 11.4 Å². The Balaban J connectivity index is 2.21. The molecule has 0 bridgehead atoms. The van der Waals surface area contributed by atoms with Crippen LogP contribution in [-0.2, 0) is 22.5 Å². The highest BCUT2D eigenvalue weighted by Gasteiger charge is 2.20. The molecule has 0 amide bonds. The van der Waals surface area contributed by atoms with Crippen LogP contribution in [0, 0.1) is 19.7 Å². The summed E-state index contributed by atoms with van der Waals surface area (Å²) < 4.78 is 21.8. The molecule has 1 heterocycles. The molecule has 0 radical (unpaired) electrons. The predicted molar refractivity (Wildman–Crippen MR) is 94.5 cm³/mol. The fourth-order valence-corrected chi connectivity index (χ4v) is 2.81. The lowest BCUT2D eigenvalue weighted by Crippen LogP contribution is -2.25. The minimum absolute atomic E-state index is 0.164. The van der Waals surface area contributed by atoms with E-state index >= 15 is 0 Å². The first-order chi connectivity index (χ1) is 11.1. The van der Waals surface area contributed by atoms with Crippen LogP contribution in [0.15, 0.2) is 22.7 Å². The molecule has 0 saturated heterocycles. The van der Waals surface area contributed by atoms with Gasteiger partial charge in [-0.25, -0.2) is 4.39 Å². The molecule has 24 heavy (non-hydrogen) atoms. The average Bonchev–Trinajstić information content (AvgIpc) is 2.67. The van der Waals surface area contributed by atoms with Gasteiger partial charge < -0.3 is 4.74 Å². The largest absolute Gasteiger partial charge is 0.460 e. The lowest BCUT2D eigenvalue weighted by molar-refractivity contribution is -0.153.